The van der Waals surface area contributed by atoms with Gasteiger partial charge in [-0.3, -0.25) is 14.4 Å². The summed E-state index contributed by atoms with van der Waals surface area (Å²) in [6.45, 7) is 4.49. The van der Waals surface area contributed by atoms with Crippen LogP contribution in [-0.2, 0) is 19.1 Å². The molecular weight excluding hydrogens is 198 g/mol. The Bertz CT molecular complexity index is 287. The van der Waals surface area contributed by atoms with Gasteiger partial charge in [-0.2, -0.15) is 0 Å². The standard InChI is InChI=1S/C10H15NO4/c1-3-5-11-6-7(8(12)9(11)13)10(14)15-4-2/h7H,3-6H2,1-2H3/t7-/m0/s1. The lowest BCUT2D eigenvalue weighted by molar-refractivity contribution is -0.151. The maximum atomic E-state index is 11.4. The average molecular weight is 213 g/mol. The normalized spacial score (nSPS) is 20.9. The first kappa shape index (κ1) is 11.7. The van der Waals surface area contributed by atoms with Crippen LogP contribution in [0.5, 0.6) is 0 Å². The molecule has 5 heteroatoms. The van der Waals surface area contributed by atoms with E-state index in [-0.39, 0.29) is 13.2 Å². The molecule has 1 amide bonds. The number of carbonyl (C=O) groups is 3. The second-order valence-corrected chi connectivity index (χ2v) is 3.42. The number of likely N-dealkylation sites (tertiary alicyclic amines) is 1. The van der Waals surface area contributed by atoms with Gasteiger partial charge in [0, 0.05) is 13.1 Å². The van der Waals surface area contributed by atoms with Crippen LogP contribution >= 0.6 is 0 Å². The fraction of sp³-hybridized carbons (Fsp3) is 0.700. The molecule has 15 heavy (non-hydrogen) atoms. The Morgan fingerprint density at radius 3 is 2.67 bits per heavy atom. The van der Waals surface area contributed by atoms with E-state index >= 15 is 0 Å². The highest BCUT2D eigenvalue weighted by molar-refractivity contribution is 6.42. The molecule has 0 bridgehead atoms. The van der Waals surface area contributed by atoms with Gasteiger partial charge in [0.15, 0.2) is 0 Å². The van der Waals surface area contributed by atoms with Gasteiger partial charge in [-0.1, -0.05) is 6.92 Å². The smallest absolute Gasteiger partial charge is 0.318 e. The van der Waals surface area contributed by atoms with Crippen molar-refractivity contribution in [3.05, 3.63) is 0 Å². The molecule has 5 nitrogen and oxygen atoms in total. The molecule has 0 aliphatic carbocycles. The summed E-state index contributed by atoms with van der Waals surface area (Å²) in [6, 6.07) is 0. The molecule has 1 rings (SSSR count). The van der Waals surface area contributed by atoms with Crippen LogP contribution < -0.4 is 0 Å². The minimum atomic E-state index is -0.913. The summed E-state index contributed by atoms with van der Waals surface area (Å²) in [4.78, 5) is 35.5. The minimum Gasteiger partial charge on any atom is -0.465 e. The summed E-state index contributed by atoms with van der Waals surface area (Å²) in [5, 5.41) is 0. The molecule has 1 aliphatic rings. The van der Waals surface area contributed by atoms with E-state index in [9.17, 15) is 14.4 Å². The third-order valence-electron chi connectivity index (χ3n) is 2.28. The third-order valence-corrected chi connectivity index (χ3v) is 2.28. The Kier molecular flexibility index (Phi) is 3.82. The van der Waals surface area contributed by atoms with Crippen molar-refractivity contribution in [2.45, 2.75) is 20.3 Å². The quantitative estimate of drug-likeness (QED) is 0.374. The summed E-state index contributed by atoms with van der Waals surface area (Å²) in [6.07, 6.45) is 0.772. The molecule has 1 heterocycles. The van der Waals surface area contributed by atoms with Gasteiger partial charge in [-0.15, -0.1) is 0 Å². The number of ketones is 1. The van der Waals surface area contributed by atoms with Gasteiger partial charge in [0.2, 0.25) is 5.78 Å². The predicted octanol–water partition coefficient (Wildman–Crippen LogP) is -0.0130. The molecule has 0 N–H and O–H groups in total. The van der Waals surface area contributed by atoms with Crippen LogP contribution in [0.15, 0.2) is 0 Å². The number of hydrogen-bond acceptors (Lipinski definition) is 4. The Morgan fingerprint density at radius 1 is 1.47 bits per heavy atom. The molecule has 0 radical (unpaired) electrons. The lowest BCUT2D eigenvalue weighted by Crippen LogP contribution is -2.27. The van der Waals surface area contributed by atoms with Gasteiger partial charge in [0.1, 0.15) is 5.92 Å². The molecule has 1 saturated heterocycles. The van der Waals surface area contributed by atoms with E-state index in [1.54, 1.807) is 6.92 Å². The lowest BCUT2D eigenvalue weighted by Gasteiger charge is -2.13. The average Bonchev–Trinajstić information content (AvgIpc) is 2.47. The molecule has 0 aromatic carbocycles. The molecule has 1 atom stereocenters. The number of esters is 1. The molecule has 84 valence electrons. The zero-order valence-electron chi connectivity index (χ0n) is 8.99. The number of rotatable bonds is 4. The van der Waals surface area contributed by atoms with Crippen LogP contribution in [0.1, 0.15) is 20.3 Å². The van der Waals surface area contributed by atoms with Crippen molar-refractivity contribution in [2.24, 2.45) is 5.92 Å². The maximum Gasteiger partial charge on any atom is 0.318 e. The van der Waals surface area contributed by atoms with Crippen LogP contribution in [0.4, 0.5) is 0 Å². The first-order valence-electron chi connectivity index (χ1n) is 5.11. The van der Waals surface area contributed by atoms with Crippen molar-refractivity contribution in [1.82, 2.24) is 4.90 Å². The van der Waals surface area contributed by atoms with Crippen LogP contribution in [-0.4, -0.2) is 42.3 Å². The van der Waals surface area contributed by atoms with Crippen LogP contribution in [0.2, 0.25) is 0 Å². The van der Waals surface area contributed by atoms with Crippen molar-refractivity contribution in [3.63, 3.8) is 0 Å². The van der Waals surface area contributed by atoms with Gasteiger partial charge in [-0.05, 0) is 13.3 Å². The Balaban J connectivity index is 2.66. The molecule has 0 spiro atoms. The molecule has 0 aromatic rings. The molecule has 1 fully saturated rings. The van der Waals surface area contributed by atoms with Crippen molar-refractivity contribution in [3.8, 4) is 0 Å². The van der Waals surface area contributed by atoms with Gasteiger partial charge in [0.25, 0.3) is 5.91 Å². The number of nitrogens with zero attached hydrogens (tertiary/aromatic N) is 1. The summed E-state index contributed by atoms with van der Waals surface area (Å²) in [7, 11) is 0. The topological polar surface area (TPSA) is 63.7 Å². The molecular formula is C10H15NO4. The van der Waals surface area contributed by atoms with Crippen molar-refractivity contribution in [1.29, 1.82) is 0 Å². The van der Waals surface area contributed by atoms with E-state index in [0.717, 1.165) is 6.42 Å². The summed E-state index contributed by atoms with van der Waals surface area (Å²) < 4.78 is 4.73. The van der Waals surface area contributed by atoms with Crippen LogP contribution in [0.25, 0.3) is 0 Å². The number of amides is 1. The Hall–Kier alpha value is -1.39. The summed E-state index contributed by atoms with van der Waals surface area (Å²) in [5.41, 5.74) is 0. The van der Waals surface area contributed by atoms with Crippen molar-refractivity contribution < 1.29 is 19.1 Å². The van der Waals surface area contributed by atoms with Gasteiger partial charge >= 0.3 is 5.97 Å². The number of hydrogen-bond donors (Lipinski definition) is 0. The first-order chi connectivity index (χ1) is 7.11. The van der Waals surface area contributed by atoms with E-state index in [2.05, 4.69) is 0 Å². The molecule has 0 saturated carbocycles. The second kappa shape index (κ2) is 4.91. The SMILES string of the molecule is CCCN1C[C@H](C(=O)OCC)C(=O)C1=O. The highest BCUT2D eigenvalue weighted by Crippen LogP contribution is 2.15. The van der Waals surface area contributed by atoms with Gasteiger partial charge < -0.3 is 9.64 Å². The first-order valence-corrected chi connectivity index (χ1v) is 5.11. The molecule has 1 aliphatic heterocycles. The second-order valence-electron chi connectivity index (χ2n) is 3.42. The van der Waals surface area contributed by atoms with E-state index in [1.165, 1.54) is 4.90 Å². The van der Waals surface area contributed by atoms with Crippen LogP contribution in [0, 0.1) is 5.92 Å². The summed E-state index contributed by atoms with van der Waals surface area (Å²) >= 11 is 0. The zero-order valence-corrected chi connectivity index (χ0v) is 8.99. The zero-order chi connectivity index (χ0) is 11.4. The Labute approximate surface area is 88.4 Å². The van der Waals surface area contributed by atoms with E-state index in [0.29, 0.717) is 6.54 Å². The van der Waals surface area contributed by atoms with Gasteiger partial charge in [-0.25, -0.2) is 0 Å². The monoisotopic (exact) mass is 213 g/mol. The number of ether oxygens (including phenoxy) is 1. The molecule has 0 unspecified atom stereocenters. The van der Waals surface area contributed by atoms with Crippen molar-refractivity contribution in [2.75, 3.05) is 19.7 Å². The maximum absolute atomic E-state index is 11.4. The number of carbonyl (C=O) groups excluding carboxylic acids is 3. The fourth-order valence-corrected chi connectivity index (χ4v) is 1.58. The fourth-order valence-electron chi connectivity index (χ4n) is 1.58. The van der Waals surface area contributed by atoms with E-state index < -0.39 is 23.6 Å². The largest absolute Gasteiger partial charge is 0.465 e. The minimum absolute atomic E-state index is 0.171. The van der Waals surface area contributed by atoms with Crippen LogP contribution in [0.3, 0.4) is 0 Å². The Morgan fingerprint density at radius 2 is 2.13 bits per heavy atom. The predicted molar refractivity (Wildman–Crippen MR) is 52.0 cm³/mol. The lowest BCUT2D eigenvalue weighted by atomic mass is 10.1. The molecule has 0 aromatic heterocycles. The van der Waals surface area contributed by atoms with Crippen molar-refractivity contribution >= 4 is 17.7 Å². The van der Waals surface area contributed by atoms with E-state index in [1.807, 2.05) is 6.92 Å². The van der Waals surface area contributed by atoms with E-state index in [4.69, 9.17) is 4.74 Å². The van der Waals surface area contributed by atoms with Gasteiger partial charge in [0.05, 0.1) is 6.61 Å². The summed E-state index contributed by atoms with van der Waals surface area (Å²) in [5.74, 6) is -2.70. The highest BCUT2D eigenvalue weighted by atomic mass is 16.5. The third kappa shape index (κ3) is 2.34. The highest BCUT2D eigenvalue weighted by Gasteiger charge is 2.43. The number of Topliss-reactive ketones (excluding diaryl/α,β-unsaturated/α-hetero) is 1.